The lowest BCUT2D eigenvalue weighted by Gasteiger charge is -2.06. The van der Waals surface area contributed by atoms with Gasteiger partial charge in [0.15, 0.2) is 6.29 Å². The summed E-state index contributed by atoms with van der Waals surface area (Å²) in [4.78, 5) is 18.6. The molecule has 0 aliphatic carbocycles. The van der Waals surface area contributed by atoms with Crippen molar-refractivity contribution in [1.29, 1.82) is 0 Å². The zero-order valence-electron chi connectivity index (χ0n) is 5.71. The number of methoxy groups -OCH3 is 1. The van der Waals surface area contributed by atoms with Crippen LogP contribution in [0.25, 0.3) is 0 Å². The molecule has 0 fully saturated rings. The minimum absolute atomic E-state index is 0.487. The number of carbonyl (C=O) groups excluding carboxylic acids is 1. The van der Waals surface area contributed by atoms with E-state index in [9.17, 15) is 4.79 Å². The third kappa shape index (κ3) is 5.26. The van der Waals surface area contributed by atoms with E-state index in [2.05, 4.69) is 14.5 Å². The highest BCUT2D eigenvalue weighted by molar-refractivity contribution is 5.65. The van der Waals surface area contributed by atoms with E-state index < -0.39 is 12.3 Å². The Balaban J connectivity index is 3.16. The Bertz CT molecular complexity index is 91.0. The molecule has 4 nitrogen and oxygen atoms in total. The highest BCUT2D eigenvalue weighted by Crippen LogP contribution is 1.90. The number of hydrogen-bond acceptors (Lipinski definition) is 4. The Morgan fingerprint density at radius 1 is 1.56 bits per heavy atom. The van der Waals surface area contributed by atoms with E-state index in [0.29, 0.717) is 0 Å². The van der Waals surface area contributed by atoms with Gasteiger partial charge in [-0.15, -0.1) is 0 Å². The number of ether oxygens (including phenoxy) is 1. The lowest BCUT2D eigenvalue weighted by atomic mass is 10.8. The van der Waals surface area contributed by atoms with Crippen molar-refractivity contribution < 1.29 is 19.3 Å². The Morgan fingerprint density at radius 2 is 2.11 bits per heavy atom. The minimum Gasteiger partial charge on any atom is -0.352 e. The van der Waals surface area contributed by atoms with Gasteiger partial charge < -0.3 is 4.74 Å². The fraction of sp³-hybridized carbons (Fsp3) is 0.800. The van der Waals surface area contributed by atoms with Gasteiger partial charge in [-0.05, 0) is 6.92 Å². The molecule has 0 spiro atoms. The molecular weight excluding hydrogens is 124 g/mol. The van der Waals surface area contributed by atoms with Crippen molar-refractivity contribution in [2.24, 2.45) is 0 Å². The average molecular weight is 134 g/mol. The van der Waals surface area contributed by atoms with Crippen LogP contribution >= 0.6 is 0 Å². The van der Waals surface area contributed by atoms with Crippen LogP contribution in [-0.4, -0.2) is 19.4 Å². The molecule has 1 unspecified atom stereocenters. The molecular formula is C5H10O4. The third-order valence-electron chi connectivity index (χ3n) is 0.633. The van der Waals surface area contributed by atoms with Crippen molar-refractivity contribution in [3.8, 4) is 0 Å². The molecule has 0 amide bonds. The normalized spacial score (nSPS) is 12.8. The Kier molecular flexibility index (Phi) is 4.00. The van der Waals surface area contributed by atoms with Gasteiger partial charge in [-0.25, -0.2) is 4.79 Å². The van der Waals surface area contributed by atoms with Crippen LogP contribution in [0.5, 0.6) is 0 Å². The fourth-order valence-corrected chi connectivity index (χ4v) is 0.175. The largest absolute Gasteiger partial charge is 0.352 e. The second-order valence-corrected chi connectivity index (χ2v) is 1.47. The van der Waals surface area contributed by atoms with Crippen molar-refractivity contribution in [1.82, 2.24) is 0 Å². The molecule has 0 N–H and O–H groups in total. The van der Waals surface area contributed by atoms with Crippen LogP contribution in [0.3, 0.4) is 0 Å². The molecule has 0 radical (unpaired) electrons. The van der Waals surface area contributed by atoms with Crippen LogP contribution in [0.1, 0.15) is 13.8 Å². The molecule has 4 heteroatoms. The molecule has 0 saturated heterocycles. The Hall–Kier alpha value is -0.610. The van der Waals surface area contributed by atoms with Crippen molar-refractivity contribution >= 4 is 5.97 Å². The van der Waals surface area contributed by atoms with Gasteiger partial charge in [0.2, 0.25) is 0 Å². The summed E-state index contributed by atoms with van der Waals surface area (Å²) in [5, 5.41) is 0. The van der Waals surface area contributed by atoms with Crippen molar-refractivity contribution in [2.45, 2.75) is 20.1 Å². The highest BCUT2D eigenvalue weighted by atomic mass is 17.2. The van der Waals surface area contributed by atoms with Gasteiger partial charge in [0.25, 0.3) is 0 Å². The molecule has 1 atom stereocenters. The molecule has 0 aliphatic heterocycles. The molecule has 0 aromatic heterocycles. The molecule has 0 saturated carbocycles. The molecule has 0 aromatic carbocycles. The van der Waals surface area contributed by atoms with Crippen LogP contribution in [0.2, 0.25) is 0 Å². The smallest absolute Gasteiger partial charge is 0.339 e. The first-order valence-electron chi connectivity index (χ1n) is 2.53. The second-order valence-electron chi connectivity index (χ2n) is 1.47. The summed E-state index contributed by atoms with van der Waals surface area (Å²) >= 11 is 0. The quantitative estimate of drug-likeness (QED) is 0.320. The summed E-state index contributed by atoms with van der Waals surface area (Å²) in [6.07, 6.45) is -0.506. The van der Waals surface area contributed by atoms with Crippen molar-refractivity contribution in [3.05, 3.63) is 0 Å². The lowest BCUT2D eigenvalue weighted by molar-refractivity contribution is -0.340. The predicted octanol–water partition coefficient (Wildman–Crippen LogP) is 0.474. The van der Waals surface area contributed by atoms with Gasteiger partial charge >= 0.3 is 5.97 Å². The maximum atomic E-state index is 10.1. The first-order valence-corrected chi connectivity index (χ1v) is 2.53. The maximum Gasteiger partial charge on any atom is 0.339 e. The lowest BCUT2D eigenvalue weighted by Crippen LogP contribution is -2.12. The van der Waals surface area contributed by atoms with Gasteiger partial charge in [-0.2, -0.15) is 4.89 Å². The summed E-state index contributed by atoms with van der Waals surface area (Å²) in [6, 6.07) is 0. The molecule has 0 bridgehead atoms. The Labute approximate surface area is 53.6 Å². The van der Waals surface area contributed by atoms with E-state index in [0.717, 1.165) is 0 Å². The van der Waals surface area contributed by atoms with Gasteiger partial charge in [0, 0.05) is 14.0 Å². The van der Waals surface area contributed by atoms with Crippen LogP contribution in [0.15, 0.2) is 0 Å². The van der Waals surface area contributed by atoms with E-state index in [4.69, 9.17) is 0 Å². The van der Waals surface area contributed by atoms with Crippen molar-refractivity contribution in [3.63, 3.8) is 0 Å². The topological polar surface area (TPSA) is 44.8 Å². The summed E-state index contributed by atoms with van der Waals surface area (Å²) in [6.45, 7) is 2.87. The molecule has 9 heavy (non-hydrogen) atoms. The van der Waals surface area contributed by atoms with Crippen molar-refractivity contribution in [2.75, 3.05) is 7.11 Å². The van der Waals surface area contributed by atoms with E-state index in [1.54, 1.807) is 6.92 Å². The van der Waals surface area contributed by atoms with Crippen LogP contribution in [0, 0.1) is 0 Å². The SMILES string of the molecule is COC(C)OOC(C)=O. The molecule has 0 rings (SSSR count). The molecule has 0 heterocycles. The van der Waals surface area contributed by atoms with E-state index in [1.165, 1.54) is 14.0 Å². The summed E-state index contributed by atoms with van der Waals surface area (Å²) in [5.74, 6) is -0.487. The predicted molar refractivity (Wildman–Crippen MR) is 29.3 cm³/mol. The number of rotatable bonds is 3. The van der Waals surface area contributed by atoms with E-state index in [1.807, 2.05) is 0 Å². The Morgan fingerprint density at radius 3 is 2.44 bits per heavy atom. The van der Waals surface area contributed by atoms with Gasteiger partial charge in [-0.3, -0.25) is 4.89 Å². The third-order valence-corrected chi connectivity index (χ3v) is 0.633. The molecule has 0 aromatic rings. The van der Waals surface area contributed by atoms with Gasteiger partial charge in [-0.1, -0.05) is 0 Å². The van der Waals surface area contributed by atoms with Gasteiger partial charge in [0.05, 0.1) is 0 Å². The van der Waals surface area contributed by atoms with Gasteiger partial charge in [0.1, 0.15) is 0 Å². The summed E-state index contributed by atoms with van der Waals surface area (Å²) in [7, 11) is 1.45. The van der Waals surface area contributed by atoms with E-state index in [-0.39, 0.29) is 0 Å². The zero-order chi connectivity index (χ0) is 7.28. The first-order chi connectivity index (χ1) is 4.16. The fourth-order valence-electron chi connectivity index (χ4n) is 0.175. The minimum atomic E-state index is -0.506. The van der Waals surface area contributed by atoms with Crippen LogP contribution < -0.4 is 0 Å². The zero-order valence-corrected chi connectivity index (χ0v) is 5.71. The highest BCUT2D eigenvalue weighted by Gasteiger charge is 2.00. The summed E-state index contributed by atoms with van der Waals surface area (Å²) < 4.78 is 4.60. The standard InChI is InChI=1S/C5H10O4/c1-4(6)8-9-5(2)7-3/h5H,1-3H3. The maximum absolute atomic E-state index is 10.1. The van der Waals surface area contributed by atoms with Crippen LogP contribution in [0.4, 0.5) is 0 Å². The molecule has 0 aliphatic rings. The number of hydrogen-bond donors (Lipinski definition) is 0. The first kappa shape index (κ1) is 8.39. The average Bonchev–Trinajstić information content (AvgIpc) is 1.83. The molecule has 54 valence electrons. The van der Waals surface area contributed by atoms with Crippen LogP contribution in [-0.2, 0) is 19.3 Å². The van der Waals surface area contributed by atoms with E-state index >= 15 is 0 Å². The summed E-state index contributed by atoms with van der Waals surface area (Å²) in [5.41, 5.74) is 0. The monoisotopic (exact) mass is 134 g/mol. The number of carbonyl (C=O) groups is 1. The second kappa shape index (κ2) is 4.29.